The lowest BCUT2D eigenvalue weighted by atomic mass is 10.3. The fourth-order valence-corrected chi connectivity index (χ4v) is 3.25. The topological polar surface area (TPSA) is 43.4 Å². The normalized spacial score (nSPS) is 14.4. The standard InChI is InChI=1S/C11H16O3S2/c1-9(8-11(12)14-2)16(13)7-5-10-4-3-6-15-10/h3-4,6,9H,5,7-8H2,1-2H3. The van der Waals surface area contributed by atoms with Gasteiger partial charge in [-0.1, -0.05) is 13.0 Å². The van der Waals surface area contributed by atoms with Gasteiger partial charge in [-0.3, -0.25) is 9.00 Å². The first-order chi connectivity index (χ1) is 7.63. The summed E-state index contributed by atoms with van der Waals surface area (Å²) in [7, 11) is 0.385. The lowest BCUT2D eigenvalue weighted by molar-refractivity contribution is -0.140. The van der Waals surface area contributed by atoms with Gasteiger partial charge in [0.25, 0.3) is 0 Å². The molecule has 0 fully saturated rings. The molecule has 1 aromatic rings. The molecule has 3 nitrogen and oxygen atoms in total. The van der Waals surface area contributed by atoms with Crippen molar-refractivity contribution in [3.8, 4) is 0 Å². The van der Waals surface area contributed by atoms with Crippen molar-refractivity contribution < 1.29 is 13.7 Å². The van der Waals surface area contributed by atoms with Gasteiger partial charge >= 0.3 is 5.97 Å². The van der Waals surface area contributed by atoms with Gasteiger partial charge < -0.3 is 4.74 Å². The molecule has 0 N–H and O–H groups in total. The van der Waals surface area contributed by atoms with E-state index in [2.05, 4.69) is 4.74 Å². The number of thiophene rings is 1. The van der Waals surface area contributed by atoms with Crippen molar-refractivity contribution in [1.82, 2.24) is 0 Å². The number of methoxy groups -OCH3 is 1. The van der Waals surface area contributed by atoms with Crippen molar-refractivity contribution in [2.75, 3.05) is 12.9 Å². The zero-order chi connectivity index (χ0) is 12.0. The Morgan fingerprint density at radius 3 is 2.94 bits per heavy atom. The van der Waals surface area contributed by atoms with E-state index in [1.54, 1.807) is 11.3 Å². The summed E-state index contributed by atoms with van der Waals surface area (Å²) in [6.45, 7) is 1.82. The molecule has 0 aliphatic carbocycles. The molecule has 0 saturated carbocycles. The number of ether oxygens (including phenoxy) is 1. The zero-order valence-corrected chi connectivity index (χ0v) is 11.1. The van der Waals surface area contributed by atoms with Crippen LogP contribution in [0.25, 0.3) is 0 Å². The van der Waals surface area contributed by atoms with E-state index in [1.165, 1.54) is 12.0 Å². The van der Waals surface area contributed by atoms with Crippen LogP contribution >= 0.6 is 11.3 Å². The highest BCUT2D eigenvalue weighted by Crippen LogP contribution is 2.11. The molecular weight excluding hydrogens is 244 g/mol. The maximum absolute atomic E-state index is 11.8. The van der Waals surface area contributed by atoms with Crippen LogP contribution in [0.3, 0.4) is 0 Å². The van der Waals surface area contributed by atoms with Gasteiger partial charge in [0, 0.05) is 26.7 Å². The zero-order valence-electron chi connectivity index (χ0n) is 9.47. The molecular formula is C11H16O3S2. The molecule has 0 saturated heterocycles. The molecule has 0 bridgehead atoms. The summed E-state index contributed by atoms with van der Waals surface area (Å²) < 4.78 is 16.3. The number of esters is 1. The molecule has 2 unspecified atom stereocenters. The fraction of sp³-hybridized carbons (Fsp3) is 0.545. The number of hydrogen-bond donors (Lipinski definition) is 0. The van der Waals surface area contributed by atoms with E-state index in [0.717, 1.165) is 6.42 Å². The Hall–Kier alpha value is -0.680. The molecule has 1 aromatic heterocycles. The Morgan fingerprint density at radius 2 is 2.38 bits per heavy atom. The average molecular weight is 260 g/mol. The van der Waals surface area contributed by atoms with E-state index in [9.17, 15) is 9.00 Å². The number of carbonyl (C=O) groups excluding carboxylic acids is 1. The minimum Gasteiger partial charge on any atom is -0.469 e. The molecule has 2 atom stereocenters. The van der Waals surface area contributed by atoms with E-state index in [0.29, 0.717) is 5.75 Å². The van der Waals surface area contributed by atoms with Crippen LogP contribution in [0.15, 0.2) is 17.5 Å². The first-order valence-electron chi connectivity index (χ1n) is 5.10. The lowest BCUT2D eigenvalue weighted by Gasteiger charge is -2.09. The molecule has 1 rings (SSSR count). The van der Waals surface area contributed by atoms with Gasteiger partial charge in [-0.2, -0.15) is 0 Å². The van der Waals surface area contributed by atoms with Gasteiger partial charge in [-0.15, -0.1) is 11.3 Å². The number of hydrogen-bond acceptors (Lipinski definition) is 4. The van der Waals surface area contributed by atoms with Gasteiger partial charge in [0.05, 0.1) is 13.5 Å². The van der Waals surface area contributed by atoms with Crippen LogP contribution in [-0.4, -0.2) is 28.3 Å². The maximum Gasteiger partial charge on any atom is 0.306 e. The minimum atomic E-state index is -0.966. The highest BCUT2D eigenvalue weighted by molar-refractivity contribution is 7.85. The van der Waals surface area contributed by atoms with Crippen LogP contribution in [0, 0.1) is 0 Å². The SMILES string of the molecule is COC(=O)CC(C)S(=O)CCc1cccs1. The Bertz CT molecular complexity index is 346. The third kappa shape index (κ3) is 4.45. The van der Waals surface area contributed by atoms with Gasteiger partial charge in [0.15, 0.2) is 0 Å². The van der Waals surface area contributed by atoms with Crippen LogP contribution in [0.2, 0.25) is 0 Å². The van der Waals surface area contributed by atoms with Crippen LogP contribution in [0.4, 0.5) is 0 Å². The fourth-order valence-electron chi connectivity index (χ4n) is 1.27. The summed E-state index contributed by atoms with van der Waals surface area (Å²) in [5.74, 6) is 0.315. The quantitative estimate of drug-likeness (QED) is 0.735. The summed E-state index contributed by atoms with van der Waals surface area (Å²) in [6, 6.07) is 4.02. The molecule has 1 heterocycles. The second kappa shape index (κ2) is 6.81. The summed E-state index contributed by atoms with van der Waals surface area (Å²) in [6.07, 6.45) is 1.04. The van der Waals surface area contributed by atoms with Crippen molar-refractivity contribution in [2.45, 2.75) is 25.0 Å². The van der Waals surface area contributed by atoms with Crippen LogP contribution < -0.4 is 0 Å². The van der Waals surface area contributed by atoms with Gasteiger partial charge in [0.2, 0.25) is 0 Å². The van der Waals surface area contributed by atoms with Crippen LogP contribution in [0.5, 0.6) is 0 Å². The van der Waals surface area contributed by atoms with Gasteiger partial charge in [0.1, 0.15) is 0 Å². The molecule has 0 spiro atoms. The Labute approximate surface area is 102 Å². The van der Waals surface area contributed by atoms with Crippen molar-refractivity contribution in [3.63, 3.8) is 0 Å². The molecule has 0 aliphatic heterocycles. The van der Waals surface area contributed by atoms with E-state index in [1.807, 2.05) is 24.4 Å². The molecule has 0 aromatic carbocycles. The van der Waals surface area contributed by atoms with E-state index in [4.69, 9.17) is 0 Å². The third-order valence-corrected chi connectivity index (χ3v) is 4.87. The first-order valence-corrected chi connectivity index (χ1v) is 7.36. The Balaban J connectivity index is 2.31. The number of aryl methyl sites for hydroxylation is 1. The van der Waals surface area contributed by atoms with Crippen molar-refractivity contribution in [2.24, 2.45) is 0 Å². The highest BCUT2D eigenvalue weighted by atomic mass is 32.2. The molecule has 0 amide bonds. The average Bonchev–Trinajstić information content (AvgIpc) is 2.78. The van der Waals surface area contributed by atoms with Gasteiger partial charge in [-0.05, 0) is 17.9 Å². The second-order valence-corrected chi connectivity index (χ2v) is 6.51. The largest absolute Gasteiger partial charge is 0.469 e. The predicted octanol–water partition coefficient (Wildman–Crippen LogP) is 1.99. The highest BCUT2D eigenvalue weighted by Gasteiger charge is 2.15. The Morgan fingerprint density at radius 1 is 1.62 bits per heavy atom. The van der Waals surface area contributed by atoms with E-state index < -0.39 is 10.8 Å². The summed E-state index contributed by atoms with van der Waals surface area (Å²) in [5, 5.41) is 1.88. The predicted molar refractivity (Wildman–Crippen MR) is 67.1 cm³/mol. The number of rotatable bonds is 6. The monoisotopic (exact) mass is 260 g/mol. The van der Waals surface area contributed by atoms with Gasteiger partial charge in [-0.25, -0.2) is 0 Å². The van der Waals surface area contributed by atoms with Crippen molar-refractivity contribution in [3.05, 3.63) is 22.4 Å². The van der Waals surface area contributed by atoms with Crippen molar-refractivity contribution >= 4 is 28.1 Å². The maximum atomic E-state index is 11.8. The number of carbonyl (C=O) groups is 1. The third-order valence-electron chi connectivity index (χ3n) is 2.26. The first kappa shape index (κ1) is 13.4. The second-order valence-electron chi connectivity index (χ2n) is 3.51. The molecule has 0 aliphatic rings. The van der Waals surface area contributed by atoms with E-state index >= 15 is 0 Å². The smallest absolute Gasteiger partial charge is 0.306 e. The summed E-state index contributed by atoms with van der Waals surface area (Å²) in [5.41, 5.74) is 0. The van der Waals surface area contributed by atoms with Crippen molar-refractivity contribution in [1.29, 1.82) is 0 Å². The molecule has 0 radical (unpaired) electrons. The molecule has 5 heteroatoms. The van der Waals surface area contributed by atoms with Crippen LogP contribution in [-0.2, 0) is 26.8 Å². The molecule has 90 valence electrons. The minimum absolute atomic E-state index is 0.132. The summed E-state index contributed by atoms with van der Waals surface area (Å²) >= 11 is 1.67. The molecule has 16 heavy (non-hydrogen) atoms. The Kier molecular flexibility index (Phi) is 5.69. The summed E-state index contributed by atoms with van der Waals surface area (Å²) in [4.78, 5) is 12.2. The van der Waals surface area contributed by atoms with E-state index in [-0.39, 0.29) is 17.6 Å². The lowest BCUT2D eigenvalue weighted by Crippen LogP contribution is -2.19. The van der Waals surface area contributed by atoms with Crippen LogP contribution in [0.1, 0.15) is 18.2 Å².